The Morgan fingerprint density at radius 3 is 0.469 bits per heavy atom. The second-order valence-electron chi connectivity index (χ2n) is 13.0. The molecule has 290 valence electrons. The molecule has 4 aliphatic heterocycles. The van der Waals surface area contributed by atoms with E-state index in [1.807, 2.05) is 0 Å². The summed E-state index contributed by atoms with van der Waals surface area (Å²) in [5.74, 6) is 0. The van der Waals surface area contributed by atoms with Crippen LogP contribution in [0.2, 0.25) is 0 Å². The Hall–Kier alpha value is -0.552. The van der Waals surface area contributed by atoms with Gasteiger partial charge in [-0.2, -0.15) is 0 Å². The minimum absolute atomic E-state index is 0. The van der Waals surface area contributed by atoms with Crippen molar-refractivity contribution in [3.8, 4) is 0 Å². The topological polar surface area (TPSA) is 25.9 Å². The van der Waals surface area contributed by atoms with Crippen LogP contribution in [0, 0.1) is 0 Å². The van der Waals surface area contributed by atoms with Crippen LogP contribution in [0.15, 0.2) is 0 Å². The molecule has 4 rings (SSSR count). The summed E-state index contributed by atoms with van der Waals surface area (Å²) in [6.45, 7) is 35.6. The third-order valence-electron chi connectivity index (χ3n) is 8.67. The van der Waals surface area contributed by atoms with Gasteiger partial charge >= 0.3 is 0 Å². The standard InChI is InChI=1S/4C9H18N2S.Pt/c4*1-3-5-10-7-8-11(6-4-2)9(10)12;/h4*3-8H2,1-2H3;. The molecule has 0 N–H and O–H groups in total. The largest absolute Gasteiger partial charge is 0.347 e. The van der Waals surface area contributed by atoms with E-state index in [0.717, 1.165) is 125 Å². The van der Waals surface area contributed by atoms with Gasteiger partial charge in [0.2, 0.25) is 0 Å². The van der Waals surface area contributed by atoms with Crippen LogP contribution in [0.4, 0.5) is 0 Å². The van der Waals surface area contributed by atoms with Crippen molar-refractivity contribution in [2.24, 2.45) is 0 Å². The van der Waals surface area contributed by atoms with Crippen LogP contribution in [0.1, 0.15) is 107 Å². The maximum Gasteiger partial charge on any atom is 0.171 e. The van der Waals surface area contributed by atoms with Gasteiger partial charge in [-0.05, 0) is 100 Å². The number of nitrogens with zero attached hydrogens (tertiary/aromatic N) is 8. The van der Waals surface area contributed by atoms with Crippen LogP contribution >= 0.6 is 48.9 Å². The van der Waals surface area contributed by atoms with Crippen LogP contribution in [-0.2, 0) is 21.1 Å². The molecule has 49 heavy (non-hydrogen) atoms. The predicted octanol–water partition coefficient (Wildman–Crippen LogP) is 6.83. The Labute approximate surface area is 338 Å². The van der Waals surface area contributed by atoms with Crippen molar-refractivity contribution >= 4 is 69.3 Å². The summed E-state index contributed by atoms with van der Waals surface area (Å²) in [6, 6.07) is 0. The van der Waals surface area contributed by atoms with E-state index in [4.69, 9.17) is 48.9 Å². The van der Waals surface area contributed by atoms with E-state index < -0.39 is 0 Å². The van der Waals surface area contributed by atoms with E-state index in [-0.39, 0.29) is 21.1 Å². The minimum atomic E-state index is 0. The first-order valence-corrected chi connectivity index (χ1v) is 21.0. The van der Waals surface area contributed by atoms with Crippen molar-refractivity contribution in [1.29, 1.82) is 0 Å². The molecule has 0 unspecified atom stereocenters. The van der Waals surface area contributed by atoms with E-state index >= 15 is 0 Å². The van der Waals surface area contributed by atoms with Crippen LogP contribution in [0.25, 0.3) is 0 Å². The van der Waals surface area contributed by atoms with Gasteiger partial charge in [-0.25, -0.2) is 0 Å². The van der Waals surface area contributed by atoms with Gasteiger partial charge in [0.15, 0.2) is 20.4 Å². The zero-order valence-corrected chi connectivity index (χ0v) is 38.0. The normalized spacial score (nSPS) is 17.3. The van der Waals surface area contributed by atoms with E-state index in [1.54, 1.807) is 0 Å². The molecule has 0 spiro atoms. The summed E-state index contributed by atoms with van der Waals surface area (Å²) < 4.78 is 0. The van der Waals surface area contributed by atoms with Crippen LogP contribution in [0.3, 0.4) is 0 Å². The maximum absolute atomic E-state index is 5.34. The smallest absolute Gasteiger partial charge is 0.171 e. The maximum atomic E-state index is 5.34. The molecule has 0 atom stereocenters. The summed E-state index contributed by atoms with van der Waals surface area (Å²) in [6.07, 6.45) is 9.56. The molecule has 0 aromatic heterocycles. The number of hydrogen-bond acceptors (Lipinski definition) is 4. The van der Waals surface area contributed by atoms with E-state index in [0.29, 0.717) is 0 Å². The van der Waals surface area contributed by atoms with Gasteiger partial charge in [-0.3, -0.25) is 0 Å². The molecular formula is C36H72N8PtS4. The van der Waals surface area contributed by atoms with Crippen molar-refractivity contribution in [3.63, 3.8) is 0 Å². The molecule has 0 bridgehead atoms. The molecule has 8 nitrogen and oxygen atoms in total. The summed E-state index contributed by atoms with van der Waals surface area (Å²) in [4.78, 5) is 18.5. The molecule has 0 aromatic carbocycles. The van der Waals surface area contributed by atoms with Crippen molar-refractivity contribution in [2.75, 3.05) is 105 Å². The zero-order chi connectivity index (χ0) is 35.9. The first-order chi connectivity index (χ1) is 23.2. The van der Waals surface area contributed by atoms with Gasteiger partial charge in [-0.1, -0.05) is 55.4 Å². The third kappa shape index (κ3) is 17.2. The molecule has 0 aromatic rings. The molecule has 13 heteroatoms. The first-order valence-electron chi connectivity index (χ1n) is 19.3. The van der Waals surface area contributed by atoms with Crippen LogP contribution in [-0.4, -0.2) is 164 Å². The van der Waals surface area contributed by atoms with Crippen molar-refractivity contribution in [1.82, 2.24) is 39.2 Å². The molecule has 4 heterocycles. The fourth-order valence-corrected chi connectivity index (χ4v) is 7.81. The SMILES string of the molecule is CCCN1CCN(CCC)C1=S.CCCN1CCN(CCC)C1=S.CCCN1CCN(CCC)C1=S.CCCN1CCN(CCC)C1=S.[Pt]. The summed E-state index contributed by atoms with van der Waals surface area (Å²) in [7, 11) is 0. The second-order valence-corrected chi connectivity index (χ2v) is 14.5. The van der Waals surface area contributed by atoms with Gasteiger partial charge in [0.1, 0.15) is 0 Å². The summed E-state index contributed by atoms with van der Waals surface area (Å²) >= 11 is 21.4. The predicted molar refractivity (Wildman–Crippen MR) is 225 cm³/mol. The quantitative estimate of drug-likeness (QED) is 0.152. The Kier molecular flexibility index (Phi) is 28.6. The molecule has 4 fully saturated rings. The third-order valence-corrected chi connectivity index (χ3v) is 10.7. The second kappa shape index (κ2) is 29.0. The fraction of sp³-hybridized carbons (Fsp3) is 0.889. The number of thiocarbonyl (C=S) groups is 4. The molecule has 4 saturated heterocycles. The molecular weight excluding hydrogens is 868 g/mol. The van der Waals surface area contributed by atoms with Gasteiger partial charge in [-0.15, -0.1) is 0 Å². The molecule has 0 saturated carbocycles. The van der Waals surface area contributed by atoms with Crippen LogP contribution < -0.4 is 0 Å². The van der Waals surface area contributed by atoms with Crippen molar-refractivity contribution in [3.05, 3.63) is 0 Å². The fourth-order valence-electron chi connectivity index (χ4n) is 6.35. The first kappa shape index (κ1) is 48.4. The summed E-state index contributed by atoms with van der Waals surface area (Å²) in [5, 5.41) is 4.27. The zero-order valence-electron chi connectivity index (χ0n) is 32.5. The Bertz CT molecular complexity index is 721. The Balaban J connectivity index is 0.000000623. The van der Waals surface area contributed by atoms with E-state index in [2.05, 4.69) is 94.6 Å². The average Bonchev–Trinajstić information content (AvgIpc) is 3.81. The van der Waals surface area contributed by atoms with Crippen molar-refractivity contribution in [2.45, 2.75) is 107 Å². The van der Waals surface area contributed by atoms with E-state index in [9.17, 15) is 0 Å². The van der Waals surface area contributed by atoms with Gasteiger partial charge < -0.3 is 39.2 Å². The van der Waals surface area contributed by atoms with Gasteiger partial charge in [0.25, 0.3) is 0 Å². The molecule has 0 radical (unpaired) electrons. The number of rotatable bonds is 16. The minimum Gasteiger partial charge on any atom is -0.347 e. The van der Waals surface area contributed by atoms with E-state index in [1.165, 1.54) is 51.4 Å². The van der Waals surface area contributed by atoms with Crippen LogP contribution in [0.5, 0.6) is 0 Å². The molecule has 0 amide bonds. The monoisotopic (exact) mass is 939 g/mol. The van der Waals surface area contributed by atoms with Gasteiger partial charge in [0.05, 0.1) is 0 Å². The average molecular weight is 940 g/mol. The molecule has 0 aliphatic carbocycles. The molecule has 4 aliphatic rings. The Morgan fingerprint density at radius 2 is 0.388 bits per heavy atom. The van der Waals surface area contributed by atoms with Crippen molar-refractivity contribution < 1.29 is 21.1 Å². The number of hydrogen-bond donors (Lipinski definition) is 0. The summed E-state index contributed by atoms with van der Waals surface area (Å²) in [5.41, 5.74) is 0. The van der Waals surface area contributed by atoms with Gasteiger partial charge in [0, 0.05) is 126 Å². The Morgan fingerprint density at radius 1 is 0.286 bits per heavy atom.